The van der Waals surface area contributed by atoms with Gasteiger partial charge in [0.15, 0.2) is 0 Å². The summed E-state index contributed by atoms with van der Waals surface area (Å²) in [5.74, 6) is 0.00797. The molecule has 2 aromatic rings. The molecule has 0 spiro atoms. The van der Waals surface area contributed by atoms with Crippen LogP contribution in [0, 0.1) is 0 Å². The molecule has 1 fully saturated rings. The molecule has 0 aliphatic carbocycles. The second-order valence-corrected chi connectivity index (χ2v) is 5.19. The largest absolute Gasteiger partial charge is 0.332 e. The van der Waals surface area contributed by atoms with Crippen LogP contribution < -0.4 is 0 Å². The highest BCUT2D eigenvalue weighted by Crippen LogP contribution is 2.32. The van der Waals surface area contributed by atoms with Crippen molar-refractivity contribution < 1.29 is 4.79 Å². The molecule has 0 saturated carbocycles. The Morgan fingerprint density at radius 2 is 2.05 bits per heavy atom. The van der Waals surface area contributed by atoms with Gasteiger partial charge in [-0.05, 0) is 42.7 Å². The van der Waals surface area contributed by atoms with Gasteiger partial charge in [-0.15, -0.1) is 0 Å². The number of carbonyl (C=O) groups is 1. The summed E-state index contributed by atoms with van der Waals surface area (Å²) in [6.45, 7) is 0.770. The van der Waals surface area contributed by atoms with Crippen LogP contribution in [0.4, 0.5) is 0 Å². The van der Waals surface area contributed by atoms with Crippen molar-refractivity contribution in [2.45, 2.75) is 18.9 Å². The van der Waals surface area contributed by atoms with E-state index in [0.717, 1.165) is 24.9 Å². The summed E-state index contributed by atoms with van der Waals surface area (Å²) in [6.07, 6.45) is 7.08. The topological polar surface area (TPSA) is 46.1 Å². The van der Waals surface area contributed by atoms with E-state index in [4.69, 9.17) is 11.6 Å². The second-order valence-electron chi connectivity index (χ2n) is 4.80. The number of hydrogen-bond acceptors (Lipinski definition) is 3. The SMILES string of the molecule is O=C(c1ccnc(Cl)c1)N1CCC[C@H]1c1ccncc1. The van der Waals surface area contributed by atoms with Gasteiger partial charge >= 0.3 is 0 Å². The van der Waals surface area contributed by atoms with Gasteiger partial charge in [-0.3, -0.25) is 9.78 Å². The van der Waals surface area contributed by atoms with Crippen LogP contribution in [0.15, 0.2) is 42.9 Å². The third kappa shape index (κ3) is 2.51. The Bertz CT molecular complexity index is 618. The number of hydrogen-bond donors (Lipinski definition) is 0. The van der Waals surface area contributed by atoms with E-state index in [9.17, 15) is 4.79 Å². The third-order valence-corrected chi connectivity index (χ3v) is 3.78. The minimum atomic E-state index is 0.00797. The summed E-state index contributed by atoms with van der Waals surface area (Å²) < 4.78 is 0. The predicted molar refractivity (Wildman–Crippen MR) is 76.5 cm³/mol. The van der Waals surface area contributed by atoms with Crippen LogP contribution in [0.25, 0.3) is 0 Å². The van der Waals surface area contributed by atoms with Crippen molar-refractivity contribution in [1.82, 2.24) is 14.9 Å². The molecule has 1 aliphatic heterocycles. The predicted octanol–water partition coefficient (Wildman–Crippen LogP) is 3.11. The van der Waals surface area contributed by atoms with Gasteiger partial charge in [0.25, 0.3) is 5.91 Å². The molecule has 3 rings (SSSR count). The summed E-state index contributed by atoms with van der Waals surface area (Å²) in [5.41, 5.74) is 1.72. The van der Waals surface area contributed by atoms with E-state index in [2.05, 4.69) is 9.97 Å². The zero-order chi connectivity index (χ0) is 13.9. The highest BCUT2D eigenvalue weighted by Gasteiger charge is 2.30. The molecule has 2 aromatic heterocycles. The minimum Gasteiger partial charge on any atom is -0.332 e. The van der Waals surface area contributed by atoms with Crippen LogP contribution in [-0.4, -0.2) is 27.3 Å². The van der Waals surface area contributed by atoms with Crippen LogP contribution >= 0.6 is 11.6 Å². The lowest BCUT2D eigenvalue weighted by Gasteiger charge is -2.25. The fraction of sp³-hybridized carbons (Fsp3) is 0.267. The van der Waals surface area contributed by atoms with Gasteiger partial charge < -0.3 is 4.90 Å². The Balaban J connectivity index is 1.87. The molecule has 0 unspecified atom stereocenters. The maximum atomic E-state index is 12.6. The second kappa shape index (κ2) is 5.59. The van der Waals surface area contributed by atoms with Gasteiger partial charge in [-0.1, -0.05) is 11.6 Å². The Morgan fingerprint density at radius 3 is 2.80 bits per heavy atom. The van der Waals surface area contributed by atoms with Crippen molar-refractivity contribution in [2.24, 2.45) is 0 Å². The highest BCUT2D eigenvalue weighted by atomic mass is 35.5. The molecule has 0 bridgehead atoms. The molecule has 1 aliphatic rings. The van der Waals surface area contributed by atoms with Crippen LogP contribution in [0.1, 0.15) is 34.8 Å². The van der Waals surface area contributed by atoms with Crippen LogP contribution in [-0.2, 0) is 0 Å². The molecule has 102 valence electrons. The smallest absolute Gasteiger partial charge is 0.254 e. The van der Waals surface area contributed by atoms with Gasteiger partial charge in [0.05, 0.1) is 6.04 Å². The van der Waals surface area contributed by atoms with Gasteiger partial charge in [0.1, 0.15) is 5.15 Å². The number of halogens is 1. The van der Waals surface area contributed by atoms with Crippen LogP contribution in [0.3, 0.4) is 0 Å². The minimum absolute atomic E-state index is 0.00797. The molecule has 0 aromatic carbocycles. The first kappa shape index (κ1) is 13.1. The van der Waals surface area contributed by atoms with Crippen molar-refractivity contribution in [3.8, 4) is 0 Å². The van der Waals surface area contributed by atoms with Crippen LogP contribution in [0.2, 0.25) is 5.15 Å². The molecule has 0 N–H and O–H groups in total. The van der Waals surface area contributed by atoms with Crippen molar-refractivity contribution >= 4 is 17.5 Å². The first-order valence-corrected chi connectivity index (χ1v) is 6.96. The fourth-order valence-electron chi connectivity index (χ4n) is 2.64. The third-order valence-electron chi connectivity index (χ3n) is 3.58. The molecule has 4 nitrogen and oxygen atoms in total. The molecular weight excluding hydrogens is 274 g/mol. The Hall–Kier alpha value is -1.94. The van der Waals surface area contributed by atoms with E-state index < -0.39 is 0 Å². The summed E-state index contributed by atoms with van der Waals surface area (Å²) in [4.78, 5) is 22.5. The van der Waals surface area contributed by atoms with Crippen LogP contribution in [0.5, 0.6) is 0 Å². The number of rotatable bonds is 2. The molecule has 20 heavy (non-hydrogen) atoms. The summed E-state index contributed by atoms with van der Waals surface area (Å²) in [7, 11) is 0. The first-order chi connectivity index (χ1) is 9.75. The lowest BCUT2D eigenvalue weighted by Crippen LogP contribution is -2.30. The summed E-state index contributed by atoms with van der Waals surface area (Å²) in [6, 6.07) is 7.38. The van der Waals surface area contributed by atoms with E-state index in [0.29, 0.717) is 10.7 Å². The average molecular weight is 288 g/mol. The lowest BCUT2D eigenvalue weighted by atomic mass is 10.1. The number of aromatic nitrogens is 2. The molecule has 0 radical (unpaired) electrons. The lowest BCUT2D eigenvalue weighted by molar-refractivity contribution is 0.0735. The molecule has 1 amide bonds. The van der Waals surface area contributed by atoms with E-state index in [1.54, 1.807) is 30.7 Å². The summed E-state index contributed by atoms with van der Waals surface area (Å²) in [5, 5.41) is 0.343. The van der Waals surface area contributed by atoms with E-state index in [1.807, 2.05) is 17.0 Å². The van der Waals surface area contributed by atoms with Crippen molar-refractivity contribution in [3.05, 3.63) is 59.1 Å². The van der Waals surface area contributed by atoms with E-state index in [1.165, 1.54) is 0 Å². The normalized spacial score (nSPS) is 18.2. The molecule has 3 heterocycles. The van der Waals surface area contributed by atoms with E-state index >= 15 is 0 Å². The average Bonchev–Trinajstić information content (AvgIpc) is 2.97. The summed E-state index contributed by atoms with van der Waals surface area (Å²) >= 11 is 5.86. The maximum absolute atomic E-state index is 12.6. The van der Waals surface area contributed by atoms with Crippen molar-refractivity contribution in [1.29, 1.82) is 0 Å². The standard InChI is InChI=1S/C15H14ClN3O/c16-14-10-12(5-8-18-14)15(20)19-9-1-2-13(19)11-3-6-17-7-4-11/h3-8,10,13H,1-2,9H2/t13-/m0/s1. The number of likely N-dealkylation sites (tertiary alicyclic amines) is 1. The molecular formula is C15H14ClN3O. The van der Waals surface area contributed by atoms with Crippen molar-refractivity contribution in [2.75, 3.05) is 6.54 Å². The van der Waals surface area contributed by atoms with Crippen molar-refractivity contribution in [3.63, 3.8) is 0 Å². The van der Waals surface area contributed by atoms with Gasteiger partial charge in [0, 0.05) is 30.7 Å². The number of amides is 1. The van der Waals surface area contributed by atoms with Gasteiger partial charge in [-0.2, -0.15) is 0 Å². The Kier molecular flexibility index (Phi) is 3.65. The quantitative estimate of drug-likeness (QED) is 0.797. The molecule has 1 atom stereocenters. The fourth-order valence-corrected chi connectivity index (χ4v) is 2.82. The number of nitrogens with zero attached hydrogens (tertiary/aromatic N) is 3. The Labute approximate surface area is 122 Å². The monoisotopic (exact) mass is 287 g/mol. The van der Waals surface area contributed by atoms with Gasteiger partial charge in [0.2, 0.25) is 0 Å². The molecule has 1 saturated heterocycles. The first-order valence-electron chi connectivity index (χ1n) is 6.58. The zero-order valence-corrected chi connectivity index (χ0v) is 11.6. The van der Waals surface area contributed by atoms with E-state index in [-0.39, 0.29) is 11.9 Å². The Morgan fingerprint density at radius 1 is 1.25 bits per heavy atom. The maximum Gasteiger partial charge on any atom is 0.254 e. The highest BCUT2D eigenvalue weighted by molar-refractivity contribution is 6.29. The zero-order valence-electron chi connectivity index (χ0n) is 10.9. The number of carbonyl (C=O) groups excluding carboxylic acids is 1. The molecule has 5 heteroatoms. The van der Waals surface area contributed by atoms with Gasteiger partial charge in [-0.25, -0.2) is 4.98 Å². The number of pyridine rings is 2.